The van der Waals surface area contributed by atoms with Crippen molar-refractivity contribution in [3.63, 3.8) is 0 Å². The van der Waals surface area contributed by atoms with Crippen LogP contribution in [0.25, 0.3) is 0 Å². The topological polar surface area (TPSA) is 24.5 Å². The maximum absolute atomic E-state index is 5.36. The van der Waals surface area contributed by atoms with E-state index in [0.29, 0.717) is 6.04 Å². The van der Waals surface area contributed by atoms with E-state index in [9.17, 15) is 0 Å². The molecule has 2 rings (SSSR count). The molecule has 106 valence electrons. The van der Waals surface area contributed by atoms with Crippen LogP contribution in [-0.2, 0) is 0 Å². The van der Waals surface area contributed by atoms with Crippen LogP contribution in [0, 0.1) is 6.92 Å². The van der Waals surface area contributed by atoms with Gasteiger partial charge in [-0.2, -0.15) is 0 Å². The lowest BCUT2D eigenvalue weighted by atomic mass is 10.00. The monoisotopic (exact) mass is 262 g/mol. The molecule has 1 heterocycles. The highest BCUT2D eigenvalue weighted by molar-refractivity contribution is 5.37. The molecule has 3 heteroatoms. The average Bonchev–Trinajstić information content (AvgIpc) is 2.69. The van der Waals surface area contributed by atoms with E-state index in [1.807, 2.05) is 0 Å². The second-order valence-corrected chi connectivity index (χ2v) is 5.29. The minimum Gasteiger partial charge on any atom is -0.496 e. The van der Waals surface area contributed by atoms with E-state index in [-0.39, 0.29) is 0 Å². The van der Waals surface area contributed by atoms with Crippen molar-refractivity contribution in [2.24, 2.45) is 0 Å². The van der Waals surface area contributed by atoms with Gasteiger partial charge in [0, 0.05) is 25.7 Å². The first-order valence-electron chi connectivity index (χ1n) is 7.35. The van der Waals surface area contributed by atoms with Crippen molar-refractivity contribution in [1.82, 2.24) is 10.2 Å². The predicted molar refractivity (Wildman–Crippen MR) is 79.8 cm³/mol. The minimum atomic E-state index is 0.532. The number of hydrogen-bond acceptors (Lipinski definition) is 3. The van der Waals surface area contributed by atoms with Crippen LogP contribution in [0.3, 0.4) is 0 Å². The van der Waals surface area contributed by atoms with E-state index < -0.39 is 0 Å². The Morgan fingerprint density at radius 2 is 2.16 bits per heavy atom. The number of nitrogens with zero attached hydrogens (tertiary/aromatic N) is 1. The van der Waals surface area contributed by atoms with Gasteiger partial charge >= 0.3 is 0 Å². The van der Waals surface area contributed by atoms with Crippen molar-refractivity contribution in [2.75, 3.05) is 33.3 Å². The molecule has 0 aliphatic carbocycles. The summed E-state index contributed by atoms with van der Waals surface area (Å²) in [6.07, 6.45) is 2.40. The number of nitrogens with one attached hydrogen (secondary N) is 1. The molecule has 1 aliphatic rings. The van der Waals surface area contributed by atoms with Crippen LogP contribution in [0.1, 0.15) is 36.9 Å². The van der Waals surface area contributed by atoms with Crippen LogP contribution < -0.4 is 10.1 Å². The van der Waals surface area contributed by atoms with Gasteiger partial charge in [-0.1, -0.05) is 19.1 Å². The van der Waals surface area contributed by atoms with Gasteiger partial charge in [-0.3, -0.25) is 4.90 Å². The molecule has 1 aromatic carbocycles. The Bertz CT molecular complexity index is 398. The molecule has 0 radical (unpaired) electrons. The summed E-state index contributed by atoms with van der Waals surface area (Å²) >= 11 is 0. The molecular weight excluding hydrogens is 236 g/mol. The summed E-state index contributed by atoms with van der Waals surface area (Å²) in [6, 6.07) is 7.14. The van der Waals surface area contributed by atoms with Crippen molar-refractivity contribution in [3.05, 3.63) is 29.3 Å². The Kier molecular flexibility index (Phi) is 5.23. The maximum atomic E-state index is 5.36. The van der Waals surface area contributed by atoms with E-state index in [1.54, 1.807) is 7.11 Å². The van der Waals surface area contributed by atoms with Gasteiger partial charge in [-0.25, -0.2) is 0 Å². The van der Waals surface area contributed by atoms with Crippen molar-refractivity contribution in [1.29, 1.82) is 0 Å². The molecule has 0 bridgehead atoms. The summed E-state index contributed by atoms with van der Waals surface area (Å²) < 4.78 is 5.36. The van der Waals surface area contributed by atoms with Gasteiger partial charge in [0.1, 0.15) is 5.75 Å². The Hall–Kier alpha value is -1.06. The molecule has 1 aromatic rings. The molecule has 3 nitrogen and oxygen atoms in total. The Balaban J connectivity index is 2.18. The Morgan fingerprint density at radius 1 is 1.32 bits per heavy atom. The Morgan fingerprint density at radius 3 is 2.84 bits per heavy atom. The predicted octanol–water partition coefficient (Wildman–Crippen LogP) is 2.75. The van der Waals surface area contributed by atoms with Crippen LogP contribution in [-0.4, -0.2) is 38.2 Å². The standard InChI is InChI=1S/C16H26N2O/c1-4-15(18-10-5-8-17-9-11-18)14-6-7-16(19-3)13(2)12-14/h6-7,12,15,17H,4-5,8-11H2,1-3H3. The molecule has 1 fully saturated rings. The highest BCUT2D eigenvalue weighted by Gasteiger charge is 2.20. The van der Waals surface area contributed by atoms with Gasteiger partial charge in [-0.15, -0.1) is 0 Å². The fraction of sp³-hybridized carbons (Fsp3) is 0.625. The number of rotatable bonds is 4. The summed E-state index contributed by atoms with van der Waals surface area (Å²) in [5, 5.41) is 3.48. The smallest absolute Gasteiger partial charge is 0.121 e. The molecule has 1 atom stereocenters. The third kappa shape index (κ3) is 3.48. The van der Waals surface area contributed by atoms with Crippen molar-refractivity contribution in [3.8, 4) is 5.75 Å². The Labute approximate surface area is 116 Å². The van der Waals surface area contributed by atoms with Crippen LogP contribution in [0.2, 0.25) is 0 Å². The SMILES string of the molecule is CCC(c1ccc(OC)c(C)c1)N1CCCNCC1. The van der Waals surface area contributed by atoms with Gasteiger partial charge in [0.25, 0.3) is 0 Å². The number of benzene rings is 1. The normalized spacial score (nSPS) is 18.9. The minimum absolute atomic E-state index is 0.532. The zero-order valence-corrected chi connectivity index (χ0v) is 12.4. The van der Waals surface area contributed by atoms with Gasteiger partial charge in [-0.05, 0) is 43.5 Å². The molecule has 1 unspecified atom stereocenters. The van der Waals surface area contributed by atoms with Crippen molar-refractivity contribution in [2.45, 2.75) is 32.7 Å². The second-order valence-electron chi connectivity index (χ2n) is 5.29. The third-order valence-electron chi connectivity index (χ3n) is 4.01. The van der Waals surface area contributed by atoms with Crippen molar-refractivity contribution >= 4 is 0 Å². The summed E-state index contributed by atoms with van der Waals surface area (Å²) in [6.45, 7) is 8.99. The molecule has 19 heavy (non-hydrogen) atoms. The van der Waals surface area contributed by atoms with Gasteiger partial charge in [0.05, 0.1) is 7.11 Å². The summed E-state index contributed by atoms with van der Waals surface area (Å²) in [4.78, 5) is 2.61. The maximum Gasteiger partial charge on any atom is 0.121 e. The van der Waals surface area contributed by atoms with E-state index in [0.717, 1.165) is 31.8 Å². The lowest BCUT2D eigenvalue weighted by Gasteiger charge is -2.30. The molecule has 0 spiro atoms. The van der Waals surface area contributed by atoms with Gasteiger partial charge in [0.15, 0.2) is 0 Å². The zero-order valence-electron chi connectivity index (χ0n) is 12.4. The second kappa shape index (κ2) is 6.92. The van der Waals surface area contributed by atoms with E-state index >= 15 is 0 Å². The number of ether oxygens (including phenoxy) is 1. The van der Waals surface area contributed by atoms with Gasteiger partial charge < -0.3 is 10.1 Å². The molecule has 1 saturated heterocycles. The van der Waals surface area contributed by atoms with Crippen molar-refractivity contribution < 1.29 is 4.74 Å². The van der Waals surface area contributed by atoms with Crippen LogP contribution in [0.4, 0.5) is 0 Å². The quantitative estimate of drug-likeness (QED) is 0.903. The summed E-state index contributed by atoms with van der Waals surface area (Å²) in [5.74, 6) is 0.983. The third-order valence-corrected chi connectivity index (χ3v) is 4.01. The fourth-order valence-electron chi connectivity index (χ4n) is 2.99. The molecule has 1 aliphatic heterocycles. The molecule has 0 amide bonds. The highest BCUT2D eigenvalue weighted by atomic mass is 16.5. The zero-order chi connectivity index (χ0) is 13.7. The molecular formula is C16H26N2O. The first-order valence-corrected chi connectivity index (χ1v) is 7.35. The van der Waals surface area contributed by atoms with Gasteiger partial charge in [0.2, 0.25) is 0 Å². The number of aryl methyl sites for hydroxylation is 1. The van der Waals surface area contributed by atoms with E-state index in [2.05, 4.69) is 42.3 Å². The van der Waals surface area contributed by atoms with E-state index in [4.69, 9.17) is 4.74 Å². The number of methoxy groups -OCH3 is 1. The highest BCUT2D eigenvalue weighted by Crippen LogP contribution is 2.28. The van der Waals surface area contributed by atoms with E-state index in [1.165, 1.54) is 24.1 Å². The first kappa shape index (κ1) is 14.4. The summed E-state index contributed by atoms with van der Waals surface area (Å²) in [5.41, 5.74) is 2.65. The lowest BCUT2D eigenvalue weighted by molar-refractivity contribution is 0.205. The van der Waals surface area contributed by atoms with Crippen LogP contribution >= 0.6 is 0 Å². The fourth-order valence-corrected chi connectivity index (χ4v) is 2.99. The molecule has 0 saturated carbocycles. The van der Waals surface area contributed by atoms with Crippen LogP contribution in [0.15, 0.2) is 18.2 Å². The molecule has 0 aromatic heterocycles. The average molecular weight is 262 g/mol. The van der Waals surface area contributed by atoms with Crippen LogP contribution in [0.5, 0.6) is 5.75 Å². The largest absolute Gasteiger partial charge is 0.496 e. The summed E-state index contributed by atoms with van der Waals surface area (Å²) in [7, 11) is 1.74. The molecule has 1 N–H and O–H groups in total. The number of hydrogen-bond donors (Lipinski definition) is 1. The lowest BCUT2D eigenvalue weighted by Crippen LogP contribution is -2.32. The first-order chi connectivity index (χ1) is 9.26.